The van der Waals surface area contributed by atoms with Crippen LogP contribution in [0.4, 0.5) is 5.69 Å². The zero-order chi connectivity index (χ0) is 21.2. The number of unbranched alkanes of at least 4 members (excludes halogenated alkanes) is 1. The quantitative estimate of drug-likeness (QED) is 0.332. The molecule has 7 nitrogen and oxygen atoms in total. The summed E-state index contributed by atoms with van der Waals surface area (Å²) in [6, 6.07) is 16.5. The van der Waals surface area contributed by atoms with Crippen LogP contribution in [-0.2, 0) is 16.1 Å². The minimum absolute atomic E-state index is 0.300. The average Bonchev–Trinajstić information content (AvgIpc) is 3.21. The maximum atomic E-state index is 12.1. The first-order chi connectivity index (χ1) is 14.6. The van der Waals surface area contributed by atoms with Crippen LogP contribution in [0.15, 0.2) is 66.9 Å². The largest absolute Gasteiger partial charge is 0.462 e. The fourth-order valence-corrected chi connectivity index (χ4v) is 2.66. The molecule has 1 amide bonds. The molecule has 1 aromatic heterocycles. The van der Waals surface area contributed by atoms with Crippen LogP contribution in [0.3, 0.4) is 0 Å². The van der Waals surface area contributed by atoms with E-state index in [-0.39, 0.29) is 11.9 Å². The standard InChI is InChI=1S/C23H24N4O3/c1-2-3-15-30-23(29)19-9-11-20(12-10-19)24-22(28)14-13-21-17-27(26-25-21)16-18-7-5-4-6-8-18/h4-14,17H,2-3,15-16H2,1H3,(H,24,28)/b14-13+. The number of nitrogens with one attached hydrogen (secondary N) is 1. The van der Waals surface area contributed by atoms with Gasteiger partial charge in [-0.3, -0.25) is 4.79 Å². The van der Waals surface area contributed by atoms with Gasteiger partial charge in [0.1, 0.15) is 5.69 Å². The van der Waals surface area contributed by atoms with Crippen LogP contribution in [0.25, 0.3) is 6.08 Å². The molecule has 30 heavy (non-hydrogen) atoms. The summed E-state index contributed by atoms with van der Waals surface area (Å²) >= 11 is 0. The number of carbonyl (C=O) groups excluding carboxylic acids is 2. The number of nitrogens with zero attached hydrogens (tertiary/aromatic N) is 3. The third-order valence-corrected chi connectivity index (χ3v) is 4.27. The molecular formula is C23H24N4O3. The second kappa shape index (κ2) is 10.7. The molecule has 0 aliphatic carbocycles. The zero-order valence-electron chi connectivity index (χ0n) is 16.8. The topological polar surface area (TPSA) is 86.1 Å². The molecule has 0 aliphatic heterocycles. The number of rotatable bonds is 9. The van der Waals surface area contributed by atoms with Gasteiger partial charge in [-0.2, -0.15) is 0 Å². The fourth-order valence-electron chi connectivity index (χ4n) is 2.66. The third kappa shape index (κ3) is 6.41. The number of aromatic nitrogens is 3. The number of esters is 1. The molecule has 0 aliphatic rings. The summed E-state index contributed by atoms with van der Waals surface area (Å²) in [5.41, 5.74) is 2.75. The average molecular weight is 404 g/mol. The van der Waals surface area contributed by atoms with Gasteiger partial charge in [0.15, 0.2) is 0 Å². The molecule has 7 heteroatoms. The highest BCUT2D eigenvalue weighted by atomic mass is 16.5. The van der Waals surface area contributed by atoms with Crippen LogP contribution in [0.5, 0.6) is 0 Å². The Bertz CT molecular complexity index is 995. The van der Waals surface area contributed by atoms with Crippen molar-refractivity contribution >= 4 is 23.6 Å². The van der Waals surface area contributed by atoms with Crippen LogP contribution in [-0.4, -0.2) is 33.5 Å². The number of amides is 1. The van der Waals surface area contributed by atoms with E-state index in [9.17, 15) is 9.59 Å². The van der Waals surface area contributed by atoms with Crippen molar-refractivity contribution < 1.29 is 14.3 Å². The first-order valence-corrected chi connectivity index (χ1v) is 9.84. The van der Waals surface area contributed by atoms with Gasteiger partial charge in [-0.15, -0.1) is 5.10 Å². The molecule has 0 atom stereocenters. The monoisotopic (exact) mass is 404 g/mol. The second-order valence-electron chi connectivity index (χ2n) is 6.72. The summed E-state index contributed by atoms with van der Waals surface area (Å²) < 4.78 is 6.88. The SMILES string of the molecule is CCCCOC(=O)c1ccc(NC(=O)/C=C/c2cn(Cc3ccccc3)nn2)cc1. The van der Waals surface area contributed by atoms with Crippen molar-refractivity contribution in [3.05, 3.63) is 83.7 Å². The molecule has 0 saturated carbocycles. The van der Waals surface area contributed by atoms with Crippen LogP contribution in [0.1, 0.15) is 41.4 Å². The summed E-state index contributed by atoms with van der Waals surface area (Å²) in [6.07, 6.45) is 6.57. The lowest BCUT2D eigenvalue weighted by Gasteiger charge is -2.05. The molecule has 154 valence electrons. The van der Waals surface area contributed by atoms with E-state index in [2.05, 4.69) is 15.6 Å². The number of hydrogen-bond acceptors (Lipinski definition) is 5. The minimum atomic E-state index is -0.361. The lowest BCUT2D eigenvalue weighted by Crippen LogP contribution is -2.09. The van der Waals surface area contributed by atoms with E-state index in [1.54, 1.807) is 41.2 Å². The number of hydrogen-bond donors (Lipinski definition) is 1. The Hall–Kier alpha value is -3.74. The van der Waals surface area contributed by atoms with Gasteiger partial charge in [-0.25, -0.2) is 9.48 Å². The Morgan fingerprint density at radius 3 is 2.60 bits per heavy atom. The fraction of sp³-hybridized carbons (Fsp3) is 0.217. The zero-order valence-corrected chi connectivity index (χ0v) is 16.8. The minimum Gasteiger partial charge on any atom is -0.462 e. The van der Waals surface area contributed by atoms with Gasteiger partial charge in [0.05, 0.1) is 24.9 Å². The van der Waals surface area contributed by atoms with E-state index in [1.807, 2.05) is 37.3 Å². The van der Waals surface area contributed by atoms with E-state index in [0.29, 0.717) is 30.1 Å². The summed E-state index contributed by atoms with van der Waals surface area (Å²) in [5.74, 6) is -0.661. The summed E-state index contributed by atoms with van der Waals surface area (Å²) in [4.78, 5) is 24.0. The van der Waals surface area contributed by atoms with Gasteiger partial charge < -0.3 is 10.1 Å². The Balaban J connectivity index is 1.50. The lowest BCUT2D eigenvalue weighted by molar-refractivity contribution is -0.111. The summed E-state index contributed by atoms with van der Waals surface area (Å²) in [5, 5.41) is 10.9. The van der Waals surface area contributed by atoms with Gasteiger partial charge in [-0.1, -0.05) is 48.9 Å². The van der Waals surface area contributed by atoms with Gasteiger partial charge >= 0.3 is 5.97 Å². The molecule has 0 fully saturated rings. The highest BCUT2D eigenvalue weighted by Gasteiger charge is 2.07. The van der Waals surface area contributed by atoms with E-state index in [0.717, 1.165) is 18.4 Å². The summed E-state index contributed by atoms with van der Waals surface area (Å²) in [6.45, 7) is 3.06. The van der Waals surface area contributed by atoms with E-state index >= 15 is 0 Å². The molecule has 0 radical (unpaired) electrons. The molecule has 0 unspecified atom stereocenters. The van der Waals surface area contributed by atoms with Crippen LogP contribution < -0.4 is 5.32 Å². The van der Waals surface area contributed by atoms with Gasteiger partial charge in [-0.05, 0) is 42.3 Å². The number of anilines is 1. The molecule has 0 spiro atoms. The Morgan fingerprint density at radius 1 is 1.10 bits per heavy atom. The molecule has 1 N–H and O–H groups in total. The number of benzene rings is 2. The number of carbonyl (C=O) groups is 2. The summed E-state index contributed by atoms with van der Waals surface area (Å²) in [7, 11) is 0. The van der Waals surface area contributed by atoms with Crippen molar-refractivity contribution in [2.45, 2.75) is 26.3 Å². The maximum Gasteiger partial charge on any atom is 0.338 e. The predicted molar refractivity (Wildman–Crippen MR) is 115 cm³/mol. The molecule has 2 aromatic carbocycles. The van der Waals surface area contributed by atoms with Crippen molar-refractivity contribution in [2.75, 3.05) is 11.9 Å². The predicted octanol–water partition coefficient (Wildman–Crippen LogP) is 3.94. The molecular weight excluding hydrogens is 380 g/mol. The van der Waals surface area contributed by atoms with E-state index in [4.69, 9.17) is 4.74 Å². The van der Waals surface area contributed by atoms with Crippen LogP contribution in [0.2, 0.25) is 0 Å². The highest BCUT2D eigenvalue weighted by molar-refractivity contribution is 6.02. The first-order valence-electron chi connectivity index (χ1n) is 9.84. The van der Waals surface area contributed by atoms with Gasteiger partial charge in [0.2, 0.25) is 5.91 Å². The molecule has 3 aromatic rings. The van der Waals surface area contributed by atoms with Crippen molar-refractivity contribution in [1.29, 1.82) is 0 Å². The second-order valence-corrected chi connectivity index (χ2v) is 6.72. The van der Waals surface area contributed by atoms with Crippen molar-refractivity contribution in [2.24, 2.45) is 0 Å². The van der Waals surface area contributed by atoms with Gasteiger partial charge in [0, 0.05) is 11.8 Å². The maximum absolute atomic E-state index is 12.1. The molecule has 1 heterocycles. The van der Waals surface area contributed by atoms with E-state index in [1.165, 1.54) is 6.08 Å². The van der Waals surface area contributed by atoms with Crippen LogP contribution >= 0.6 is 0 Å². The third-order valence-electron chi connectivity index (χ3n) is 4.27. The van der Waals surface area contributed by atoms with E-state index < -0.39 is 0 Å². The van der Waals surface area contributed by atoms with Crippen molar-refractivity contribution in [1.82, 2.24) is 15.0 Å². The highest BCUT2D eigenvalue weighted by Crippen LogP contribution is 2.11. The smallest absolute Gasteiger partial charge is 0.338 e. The molecule has 3 rings (SSSR count). The number of ether oxygens (including phenoxy) is 1. The van der Waals surface area contributed by atoms with Gasteiger partial charge in [0.25, 0.3) is 0 Å². The van der Waals surface area contributed by atoms with Crippen LogP contribution in [0, 0.1) is 0 Å². The van der Waals surface area contributed by atoms with Crippen molar-refractivity contribution in [3.63, 3.8) is 0 Å². The Labute approximate surface area is 175 Å². The Kier molecular flexibility index (Phi) is 7.49. The lowest BCUT2D eigenvalue weighted by atomic mass is 10.2. The normalized spacial score (nSPS) is 10.8. The Morgan fingerprint density at radius 2 is 1.87 bits per heavy atom. The van der Waals surface area contributed by atoms with Crippen molar-refractivity contribution in [3.8, 4) is 0 Å². The molecule has 0 saturated heterocycles. The first kappa shape index (κ1) is 21.0. The molecule has 0 bridgehead atoms.